The van der Waals surface area contributed by atoms with Crippen LogP contribution in [0.1, 0.15) is 44.6 Å². The molecule has 0 bridgehead atoms. The van der Waals surface area contributed by atoms with Crippen LogP contribution in [0, 0.1) is 12.7 Å². The van der Waals surface area contributed by atoms with E-state index in [4.69, 9.17) is 0 Å². The number of hydrogen-bond acceptors (Lipinski definition) is 4. The molecule has 0 radical (unpaired) electrons. The van der Waals surface area contributed by atoms with Crippen molar-refractivity contribution >= 4 is 21.8 Å². The van der Waals surface area contributed by atoms with Crippen molar-refractivity contribution in [2.45, 2.75) is 56.9 Å². The van der Waals surface area contributed by atoms with Gasteiger partial charge in [-0.2, -0.15) is 4.31 Å². The largest absolute Gasteiger partial charge is 0.348 e. The van der Waals surface area contributed by atoms with E-state index in [1.165, 1.54) is 23.4 Å². The summed E-state index contributed by atoms with van der Waals surface area (Å²) in [5.41, 5.74) is 0.278. The van der Waals surface area contributed by atoms with Crippen LogP contribution in [-0.4, -0.2) is 50.2 Å². The van der Waals surface area contributed by atoms with Crippen LogP contribution in [0.15, 0.2) is 23.1 Å². The van der Waals surface area contributed by atoms with Gasteiger partial charge in [-0.3, -0.25) is 9.59 Å². The van der Waals surface area contributed by atoms with Crippen LogP contribution >= 0.6 is 0 Å². The second kappa shape index (κ2) is 9.97. The fraction of sp³-hybridized carbons (Fsp3) is 0.579. The Morgan fingerprint density at radius 2 is 1.86 bits per heavy atom. The number of aryl methyl sites for hydroxylation is 1. The molecule has 1 aliphatic heterocycles. The minimum atomic E-state index is -3.75. The Hall–Kier alpha value is -2.00. The monoisotopic (exact) mass is 413 g/mol. The average molecular weight is 414 g/mol. The zero-order chi connectivity index (χ0) is 20.7. The summed E-state index contributed by atoms with van der Waals surface area (Å²) >= 11 is 0. The molecule has 7 nitrogen and oxygen atoms in total. The van der Waals surface area contributed by atoms with Crippen molar-refractivity contribution in [3.05, 3.63) is 29.6 Å². The highest BCUT2D eigenvalue weighted by atomic mass is 32.2. The third-order valence-electron chi connectivity index (χ3n) is 4.81. The summed E-state index contributed by atoms with van der Waals surface area (Å²) in [4.78, 5) is 23.4. The molecule has 0 saturated carbocycles. The Bertz CT molecular complexity index is 813. The van der Waals surface area contributed by atoms with E-state index in [9.17, 15) is 22.4 Å². The second-order valence-corrected chi connectivity index (χ2v) is 8.87. The number of piperidine rings is 1. The van der Waals surface area contributed by atoms with E-state index >= 15 is 0 Å². The van der Waals surface area contributed by atoms with Crippen LogP contribution in [0.2, 0.25) is 0 Å². The normalized spacial score (nSPS) is 17.9. The van der Waals surface area contributed by atoms with Crippen LogP contribution in [0.25, 0.3) is 0 Å². The molecule has 156 valence electrons. The topological polar surface area (TPSA) is 95.6 Å². The summed E-state index contributed by atoms with van der Waals surface area (Å²) in [6.45, 7) is 4.43. The molecule has 0 spiro atoms. The van der Waals surface area contributed by atoms with Crippen LogP contribution in [0.5, 0.6) is 0 Å². The first kappa shape index (κ1) is 22.3. The molecular formula is C19H28FN3O4S. The zero-order valence-electron chi connectivity index (χ0n) is 16.3. The first-order valence-corrected chi connectivity index (χ1v) is 11.1. The molecule has 0 aliphatic carbocycles. The average Bonchev–Trinajstić information content (AvgIpc) is 2.68. The molecule has 2 rings (SSSR count). The summed E-state index contributed by atoms with van der Waals surface area (Å²) in [5, 5.41) is 5.04. The van der Waals surface area contributed by atoms with Crippen LogP contribution in [0.4, 0.5) is 4.39 Å². The maximum absolute atomic E-state index is 13.5. The molecule has 0 unspecified atom stereocenters. The standard InChI is InChI=1S/C19H28FN3O4S/c1-3-10-21-18(24)19(25)22-11-9-15-6-4-5-12-23(15)28(26,27)16-7-8-17(20)14(2)13-16/h7-8,13,15H,3-6,9-12H2,1-2H3,(H,21,24)(H,22,25)/t15-/m0/s1. The van der Waals surface area contributed by atoms with Crippen LogP contribution in [0.3, 0.4) is 0 Å². The van der Waals surface area contributed by atoms with Crippen molar-refractivity contribution in [3.8, 4) is 0 Å². The molecule has 1 saturated heterocycles. The minimum absolute atomic E-state index is 0.0706. The van der Waals surface area contributed by atoms with E-state index in [0.717, 1.165) is 25.3 Å². The fourth-order valence-electron chi connectivity index (χ4n) is 3.24. The lowest BCUT2D eigenvalue weighted by Gasteiger charge is -2.34. The number of carbonyl (C=O) groups excluding carboxylic acids is 2. The van der Waals surface area contributed by atoms with E-state index in [-0.39, 0.29) is 23.0 Å². The molecule has 1 heterocycles. The summed E-state index contributed by atoms with van der Waals surface area (Å²) in [5.74, 6) is -1.84. The van der Waals surface area contributed by atoms with Gasteiger partial charge < -0.3 is 10.6 Å². The van der Waals surface area contributed by atoms with Gasteiger partial charge in [0.05, 0.1) is 4.90 Å². The predicted octanol–water partition coefficient (Wildman–Crippen LogP) is 1.71. The molecule has 2 N–H and O–H groups in total. The molecule has 1 aliphatic rings. The van der Waals surface area contributed by atoms with Gasteiger partial charge in [-0.15, -0.1) is 0 Å². The van der Waals surface area contributed by atoms with Crippen molar-refractivity contribution in [3.63, 3.8) is 0 Å². The number of nitrogens with one attached hydrogen (secondary N) is 2. The summed E-state index contributed by atoms with van der Waals surface area (Å²) in [7, 11) is -3.75. The Kier molecular flexibility index (Phi) is 7.94. The summed E-state index contributed by atoms with van der Waals surface area (Å²) < 4.78 is 41.0. The number of benzene rings is 1. The van der Waals surface area contributed by atoms with Crippen molar-refractivity contribution < 1.29 is 22.4 Å². The van der Waals surface area contributed by atoms with E-state index in [0.29, 0.717) is 25.9 Å². The number of rotatable bonds is 7. The molecule has 1 aromatic rings. The Morgan fingerprint density at radius 1 is 1.18 bits per heavy atom. The van der Waals surface area contributed by atoms with E-state index in [2.05, 4.69) is 10.6 Å². The predicted molar refractivity (Wildman–Crippen MR) is 104 cm³/mol. The molecule has 1 atom stereocenters. The van der Waals surface area contributed by atoms with Gasteiger partial charge in [0.1, 0.15) is 5.82 Å². The number of carbonyl (C=O) groups is 2. The zero-order valence-corrected chi connectivity index (χ0v) is 17.1. The number of hydrogen-bond donors (Lipinski definition) is 2. The van der Waals surface area contributed by atoms with Gasteiger partial charge in [0.25, 0.3) is 0 Å². The lowest BCUT2D eigenvalue weighted by molar-refractivity contribution is -0.139. The van der Waals surface area contributed by atoms with Crippen molar-refractivity contribution in [1.82, 2.24) is 14.9 Å². The molecule has 1 aromatic carbocycles. The minimum Gasteiger partial charge on any atom is -0.348 e. The first-order chi connectivity index (χ1) is 13.3. The number of nitrogens with zero attached hydrogens (tertiary/aromatic N) is 1. The van der Waals surface area contributed by atoms with Gasteiger partial charge in [0, 0.05) is 25.7 Å². The Morgan fingerprint density at radius 3 is 2.50 bits per heavy atom. The SMILES string of the molecule is CCCNC(=O)C(=O)NCC[C@@H]1CCCCN1S(=O)(=O)c1ccc(F)c(C)c1. The van der Waals surface area contributed by atoms with E-state index in [1.54, 1.807) is 0 Å². The molecule has 0 aromatic heterocycles. The first-order valence-electron chi connectivity index (χ1n) is 9.61. The van der Waals surface area contributed by atoms with Gasteiger partial charge in [0.15, 0.2) is 0 Å². The maximum Gasteiger partial charge on any atom is 0.309 e. The third kappa shape index (κ3) is 5.51. The van der Waals surface area contributed by atoms with Gasteiger partial charge in [-0.25, -0.2) is 12.8 Å². The molecule has 1 fully saturated rings. The lowest BCUT2D eigenvalue weighted by Crippen LogP contribution is -2.46. The lowest BCUT2D eigenvalue weighted by atomic mass is 10.0. The van der Waals surface area contributed by atoms with Crippen molar-refractivity contribution in [1.29, 1.82) is 0 Å². The van der Waals surface area contributed by atoms with Crippen LogP contribution < -0.4 is 10.6 Å². The quantitative estimate of drug-likeness (QED) is 0.665. The maximum atomic E-state index is 13.5. The molecule has 9 heteroatoms. The molecule has 28 heavy (non-hydrogen) atoms. The van der Waals surface area contributed by atoms with Gasteiger partial charge >= 0.3 is 11.8 Å². The van der Waals surface area contributed by atoms with E-state index in [1.807, 2.05) is 6.92 Å². The smallest absolute Gasteiger partial charge is 0.309 e. The Balaban J connectivity index is 2.02. The number of amides is 2. The Labute approximate surface area is 165 Å². The van der Waals surface area contributed by atoms with Gasteiger partial charge in [0.2, 0.25) is 10.0 Å². The van der Waals surface area contributed by atoms with Gasteiger partial charge in [-0.05, 0) is 56.4 Å². The summed E-state index contributed by atoms with van der Waals surface area (Å²) in [6, 6.07) is 3.51. The van der Waals surface area contributed by atoms with Crippen molar-refractivity contribution in [2.24, 2.45) is 0 Å². The molecule has 2 amide bonds. The molecular weight excluding hydrogens is 385 g/mol. The second-order valence-electron chi connectivity index (χ2n) is 6.98. The third-order valence-corrected chi connectivity index (χ3v) is 6.76. The highest BCUT2D eigenvalue weighted by molar-refractivity contribution is 7.89. The number of halogens is 1. The van der Waals surface area contributed by atoms with E-state index < -0.39 is 27.7 Å². The fourth-order valence-corrected chi connectivity index (χ4v) is 5.05. The highest BCUT2D eigenvalue weighted by Gasteiger charge is 2.33. The highest BCUT2D eigenvalue weighted by Crippen LogP contribution is 2.27. The van der Waals surface area contributed by atoms with Gasteiger partial charge in [-0.1, -0.05) is 13.3 Å². The summed E-state index contributed by atoms with van der Waals surface area (Å²) in [6.07, 6.45) is 3.46. The van der Waals surface area contributed by atoms with Crippen LogP contribution in [-0.2, 0) is 19.6 Å². The van der Waals surface area contributed by atoms with Crippen molar-refractivity contribution in [2.75, 3.05) is 19.6 Å². The number of sulfonamides is 1.